The van der Waals surface area contributed by atoms with Crippen LogP contribution < -0.4 is 10.1 Å². The molecular weight excluding hydrogens is 318 g/mol. The SMILES string of the molecule is CCCC(NC(=O)COC(=O)c1cccc(OC)c1)c1ccccc1. The minimum atomic E-state index is -0.555. The van der Waals surface area contributed by atoms with Gasteiger partial charge in [0, 0.05) is 0 Å². The van der Waals surface area contributed by atoms with E-state index < -0.39 is 5.97 Å². The van der Waals surface area contributed by atoms with Gasteiger partial charge in [-0.05, 0) is 30.2 Å². The maximum atomic E-state index is 12.1. The van der Waals surface area contributed by atoms with Gasteiger partial charge in [-0.25, -0.2) is 4.79 Å². The third-order valence-electron chi connectivity index (χ3n) is 3.75. The summed E-state index contributed by atoms with van der Waals surface area (Å²) in [5.74, 6) is -0.314. The summed E-state index contributed by atoms with van der Waals surface area (Å²) in [5, 5.41) is 2.92. The minimum Gasteiger partial charge on any atom is -0.497 e. The second-order valence-electron chi connectivity index (χ2n) is 5.63. The molecule has 0 aliphatic heterocycles. The van der Waals surface area contributed by atoms with E-state index in [9.17, 15) is 9.59 Å². The summed E-state index contributed by atoms with van der Waals surface area (Å²) in [6, 6.07) is 16.3. The number of carbonyl (C=O) groups excluding carboxylic acids is 2. The van der Waals surface area contributed by atoms with E-state index in [4.69, 9.17) is 9.47 Å². The molecule has 0 saturated heterocycles. The molecule has 0 fully saturated rings. The first-order valence-corrected chi connectivity index (χ1v) is 8.29. The Balaban J connectivity index is 1.91. The van der Waals surface area contributed by atoms with Crippen molar-refractivity contribution in [3.63, 3.8) is 0 Å². The molecule has 1 N–H and O–H groups in total. The summed E-state index contributed by atoms with van der Waals surface area (Å²) in [7, 11) is 1.52. The highest BCUT2D eigenvalue weighted by Gasteiger charge is 2.16. The van der Waals surface area contributed by atoms with Crippen LogP contribution in [0, 0.1) is 0 Å². The number of rotatable bonds is 8. The third-order valence-corrected chi connectivity index (χ3v) is 3.75. The predicted octanol–water partition coefficient (Wildman–Crippen LogP) is 3.51. The zero-order valence-electron chi connectivity index (χ0n) is 14.5. The Morgan fingerprint density at radius 1 is 1.08 bits per heavy atom. The first-order valence-electron chi connectivity index (χ1n) is 8.29. The number of carbonyl (C=O) groups is 2. The highest BCUT2D eigenvalue weighted by molar-refractivity contribution is 5.91. The normalized spacial score (nSPS) is 11.4. The predicted molar refractivity (Wildman–Crippen MR) is 95.5 cm³/mol. The lowest BCUT2D eigenvalue weighted by Gasteiger charge is -2.18. The fourth-order valence-electron chi connectivity index (χ4n) is 2.50. The number of esters is 1. The average Bonchev–Trinajstić information content (AvgIpc) is 2.66. The Morgan fingerprint density at radius 2 is 1.84 bits per heavy atom. The topological polar surface area (TPSA) is 64.6 Å². The van der Waals surface area contributed by atoms with Crippen LogP contribution in [0.25, 0.3) is 0 Å². The molecule has 132 valence electrons. The lowest BCUT2D eigenvalue weighted by atomic mass is 10.0. The molecule has 5 heteroatoms. The van der Waals surface area contributed by atoms with Gasteiger partial charge in [-0.15, -0.1) is 0 Å². The van der Waals surface area contributed by atoms with E-state index in [2.05, 4.69) is 12.2 Å². The van der Waals surface area contributed by atoms with Gasteiger partial charge in [0.25, 0.3) is 5.91 Å². The molecule has 0 aliphatic carbocycles. The fraction of sp³-hybridized carbons (Fsp3) is 0.300. The van der Waals surface area contributed by atoms with Crippen molar-refractivity contribution in [1.29, 1.82) is 0 Å². The largest absolute Gasteiger partial charge is 0.497 e. The molecule has 1 unspecified atom stereocenters. The van der Waals surface area contributed by atoms with Crippen LogP contribution in [0.4, 0.5) is 0 Å². The molecular formula is C20H23NO4. The average molecular weight is 341 g/mol. The van der Waals surface area contributed by atoms with Crippen LogP contribution in [-0.2, 0) is 9.53 Å². The molecule has 2 rings (SSSR count). The van der Waals surface area contributed by atoms with Gasteiger partial charge in [-0.3, -0.25) is 4.79 Å². The molecule has 0 aromatic heterocycles. The van der Waals surface area contributed by atoms with Gasteiger partial charge in [-0.2, -0.15) is 0 Å². The highest BCUT2D eigenvalue weighted by Crippen LogP contribution is 2.18. The smallest absolute Gasteiger partial charge is 0.338 e. The number of hydrogen-bond donors (Lipinski definition) is 1. The number of hydrogen-bond acceptors (Lipinski definition) is 4. The number of amides is 1. The molecule has 5 nitrogen and oxygen atoms in total. The second kappa shape index (κ2) is 9.47. The van der Waals surface area contributed by atoms with E-state index in [-0.39, 0.29) is 18.6 Å². The van der Waals surface area contributed by atoms with Crippen molar-refractivity contribution in [1.82, 2.24) is 5.32 Å². The van der Waals surface area contributed by atoms with Crippen LogP contribution in [0.3, 0.4) is 0 Å². The molecule has 0 radical (unpaired) electrons. The summed E-state index contributed by atoms with van der Waals surface area (Å²) in [6.07, 6.45) is 1.75. The number of benzene rings is 2. The van der Waals surface area contributed by atoms with Crippen molar-refractivity contribution in [3.05, 3.63) is 65.7 Å². The van der Waals surface area contributed by atoms with Crippen LogP contribution in [-0.4, -0.2) is 25.6 Å². The Hall–Kier alpha value is -2.82. The molecule has 25 heavy (non-hydrogen) atoms. The molecule has 0 bridgehead atoms. The molecule has 2 aromatic carbocycles. The van der Waals surface area contributed by atoms with E-state index in [1.165, 1.54) is 7.11 Å². The van der Waals surface area contributed by atoms with Crippen LogP contribution in [0.5, 0.6) is 5.75 Å². The number of methoxy groups -OCH3 is 1. The third kappa shape index (κ3) is 5.64. The van der Waals surface area contributed by atoms with E-state index >= 15 is 0 Å². The summed E-state index contributed by atoms with van der Waals surface area (Å²) in [4.78, 5) is 24.2. The first kappa shape index (κ1) is 18.5. The quantitative estimate of drug-likeness (QED) is 0.746. The van der Waals surface area contributed by atoms with Gasteiger partial charge < -0.3 is 14.8 Å². The summed E-state index contributed by atoms with van der Waals surface area (Å²) >= 11 is 0. The van der Waals surface area contributed by atoms with Gasteiger partial charge in [-0.1, -0.05) is 49.7 Å². The van der Waals surface area contributed by atoms with Gasteiger partial charge in [0.1, 0.15) is 5.75 Å². The van der Waals surface area contributed by atoms with Crippen molar-refractivity contribution in [2.75, 3.05) is 13.7 Å². The standard InChI is InChI=1S/C20H23NO4/c1-3-8-18(15-9-5-4-6-10-15)21-19(22)14-25-20(23)16-11-7-12-17(13-16)24-2/h4-7,9-13,18H,3,8,14H2,1-2H3,(H,21,22). The Labute approximate surface area is 148 Å². The molecule has 0 heterocycles. The van der Waals surface area contributed by atoms with Crippen molar-refractivity contribution in [2.45, 2.75) is 25.8 Å². The zero-order valence-corrected chi connectivity index (χ0v) is 14.5. The lowest BCUT2D eigenvalue weighted by Crippen LogP contribution is -2.32. The molecule has 1 amide bonds. The monoisotopic (exact) mass is 341 g/mol. The fourth-order valence-corrected chi connectivity index (χ4v) is 2.50. The van der Waals surface area contributed by atoms with Gasteiger partial charge in [0.2, 0.25) is 0 Å². The van der Waals surface area contributed by atoms with E-state index in [0.29, 0.717) is 11.3 Å². The summed E-state index contributed by atoms with van der Waals surface area (Å²) < 4.78 is 10.2. The molecule has 0 aliphatic rings. The summed E-state index contributed by atoms with van der Waals surface area (Å²) in [5.41, 5.74) is 1.39. The molecule has 0 saturated carbocycles. The van der Waals surface area contributed by atoms with Crippen molar-refractivity contribution in [3.8, 4) is 5.75 Å². The van der Waals surface area contributed by atoms with Crippen LogP contribution in [0.2, 0.25) is 0 Å². The van der Waals surface area contributed by atoms with Crippen molar-refractivity contribution in [2.24, 2.45) is 0 Å². The van der Waals surface area contributed by atoms with E-state index in [0.717, 1.165) is 18.4 Å². The minimum absolute atomic E-state index is 0.0887. The number of nitrogens with one attached hydrogen (secondary N) is 1. The van der Waals surface area contributed by atoms with Crippen molar-refractivity contribution >= 4 is 11.9 Å². The van der Waals surface area contributed by atoms with E-state index in [1.54, 1.807) is 24.3 Å². The Kier molecular flexibility index (Phi) is 7.01. The molecule has 0 spiro atoms. The maximum Gasteiger partial charge on any atom is 0.338 e. The molecule has 1 atom stereocenters. The Morgan fingerprint density at radius 3 is 2.52 bits per heavy atom. The van der Waals surface area contributed by atoms with Crippen LogP contribution >= 0.6 is 0 Å². The van der Waals surface area contributed by atoms with Gasteiger partial charge in [0.15, 0.2) is 6.61 Å². The van der Waals surface area contributed by atoms with E-state index in [1.807, 2.05) is 30.3 Å². The highest BCUT2D eigenvalue weighted by atomic mass is 16.5. The number of ether oxygens (including phenoxy) is 2. The van der Waals surface area contributed by atoms with Gasteiger partial charge >= 0.3 is 5.97 Å². The molecule has 2 aromatic rings. The zero-order chi connectivity index (χ0) is 18.1. The summed E-state index contributed by atoms with van der Waals surface area (Å²) in [6.45, 7) is 1.74. The van der Waals surface area contributed by atoms with Gasteiger partial charge in [0.05, 0.1) is 18.7 Å². The van der Waals surface area contributed by atoms with Crippen LogP contribution in [0.1, 0.15) is 41.7 Å². The Bertz CT molecular complexity index is 700. The first-order chi connectivity index (χ1) is 12.1. The van der Waals surface area contributed by atoms with Crippen LogP contribution in [0.15, 0.2) is 54.6 Å². The maximum absolute atomic E-state index is 12.1. The second-order valence-corrected chi connectivity index (χ2v) is 5.63. The lowest BCUT2D eigenvalue weighted by molar-refractivity contribution is -0.125. The van der Waals surface area contributed by atoms with Crippen molar-refractivity contribution < 1.29 is 19.1 Å².